The van der Waals surface area contributed by atoms with Gasteiger partial charge >= 0.3 is 0 Å². The van der Waals surface area contributed by atoms with Crippen molar-refractivity contribution >= 4 is 35.3 Å². The molecule has 0 spiro atoms. The maximum atomic E-state index is 11.9. The molecule has 0 unspecified atom stereocenters. The summed E-state index contributed by atoms with van der Waals surface area (Å²) >= 11 is 5.98. The second kappa shape index (κ2) is 7.38. The molecule has 2 aromatic carbocycles. The molecule has 2 aromatic rings. The zero-order chi connectivity index (χ0) is 15.9. The number of hydrogen-bond donors (Lipinski definition) is 2. The van der Waals surface area contributed by atoms with Crippen molar-refractivity contribution in [3.05, 3.63) is 64.7 Å². The van der Waals surface area contributed by atoms with Gasteiger partial charge in [0.1, 0.15) is 0 Å². The monoisotopic (exact) mass is 315 g/mol. The van der Waals surface area contributed by atoms with Gasteiger partial charge in [-0.3, -0.25) is 9.59 Å². The van der Waals surface area contributed by atoms with Crippen LogP contribution in [-0.4, -0.2) is 18.0 Å². The summed E-state index contributed by atoms with van der Waals surface area (Å²) < 4.78 is 0. The van der Waals surface area contributed by atoms with Crippen molar-refractivity contribution in [2.45, 2.75) is 6.92 Å². The zero-order valence-corrected chi connectivity index (χ0v) is 12.6. The van der Waals surface area contributed by atoms with E-state index in [2.05, 4.69) is 15.8 Å². The van der Waals surface area contributed by atoms with Crippen LogP contribution in [0.4, 0.5) is 5.69 Å². The van der Waals surface area contributed by atoms with E-state index in [-0.39, 0.29) is 11.8 Å². The lowest BCUT2D eigenvalue weighted by Crippen LogP contribution is -2.17. The number of anilines is 1. The van der Waals surface area contributed by atoms with Crippen molar-refractivity contribution in [1.82, 2.24) is 5.43 Å². The average Bonchev–Trinajstić information content (AvgIpc) is 2.49. The molecule has 0 bridgehead atoms. The predicted octanol–water partition coefficient (Wildman–Crippen LogP) is 3.06. The highest BCUT2D eigenvalue weighted by Gasteiger charge is 2.04. The topological polar surface area (TPSA) is 70.6 Å². The molecular weight excluding hydrogens is 302 g/mol. The quantitative estimate of drug-likeness (QED) is 0.672. The maximum absolute atomic E-state index is 11.9. The number of rotatable bonds is 4. The largest absolute Gasteiger partial charge is 0.326 e. The van der Waals surface area contributed by atoms with Crippen LogP contribution in [0.25, 0.3) is 0 Å². The number of nitrogens with zero attached hydrogens (tertiary/aromatic N) is 1. The number of carbonyl (C=O) groups is 2. The predicted molar refractivity (Wildman–Crippen MR) is 87.3 cm³/mol. The average molecular weight is 316 g/mol. The molecule has 0 radical (unpaired) electrons. The van der Waals surface area contributed by atoms with E-state index in [1.807, 2.05) is 12.1 Å². The van der Waals surface area contributed by atoms with Crippen molar-refractivity contribution in [2.24, 2.45) is 5.10 Å². The normalized spacial score (nSPS) is 10.5. The lowest BCUT2D eigenvalue weighted by molar-refractivity contribution is -0.114. The Morgan fingerprint density at radius 1 is 1.09 bits per heavy atom. The van der Waals surface area contributed by atoms with Crippen molar-refractivity contribution in [2.75, 3.05) is 5.32 Å². The SMILES string of the molecule is CC(=O)Nc1ccc(C(=O)N/N=C/c2ccccc2Cl)cc1. The summed E-state index contributed by atoms with van der Waals surface area (Å²) in [6.45, 7) is 1.42. The Morgan fingerprint density at radius 3 is 2.41 bits per heavy atom. The zero-order valence-electron chi connectivity index (χ0n) is 11.8. The number of nitrogens with one attached hydrogen (secondary N) is 2. The van der Waals surface area contributed by atoms with Crippen LogP contribution in [0.3, 0.4) is 0 Å². The van der Waals surface area contributed by atoms with E-state index in [0.717, 1.165) is 0 Å². The van der Waals surface area contributed by atoms with Gasteiger partial charge in [-0.05, 0) is 30.3 Å². The Morgan fingerprint density at radius 2 is 1.77 bits per heavy atom. The van der Waals surface area contributed by atoms with Gasteiger partial charge in [0.15, 0.2) is 0 Å². The van der Waals surface area contributed by atoms with E-state index >= 15 is 0 Å². The summed E-state index contributed by atoms with van der Waals surface area (Å²) in [5.74, 6) is -0.515. The molecule has 0 atom stereocenters. The van der Waals surface area contributed by atoms with Crippen LogP contribution in [0, 0.1) is 0 Å². The van der Waals surface area contributed by atoms with Crippen LogP contribution in [-0.2, 0) is 4.79 Å². The van der Waals surface area contributed by atoms with Gasteiger partial charge in [-0.1, -0.05) is 29.8 Å². The third-order valence-corrected chi connectivity index (χ3v) is 3.09. The molecule has 2 N–H and O–H groups in total. The van der Waals surface area contributed by atoms with Crippen molar-refractivity contribution in [3.8, 4) is 0 Å². The van der Waals surface area contributed by atoms with E-state index in [1.54, 1.807) is 36.4 Å². The highest BCUT2D eigenvalue weighted by atomic mass is 35.5. The van der Waals surface area contributed by atoms with Crippen LogP contribution >= 0.6 is 11.6 Å². The third-order valence-electron chi connectivity index (χ3n) is 2.74. The highest BCUT2D eigenvalue weighted by Crippen LogP contribution is 2.12. The standard InChI is InChI=1S/C16H14ClN3O2/c1-11(21)19-14-8-6-12(7-9-14)16(22)20-18-10-13-4-2-3-5-15(13)17/h2-10H,1H3,(H,19,21)(H,20,22)/b18-10+. The minimum absolute atomic E-state index is 0.165. The van der Waals surface area contributed by atoms with Gasteiger partial charge in [0.05, 0.1) is 6.21 Å². The van der Waals surface area contributed by atoms with Gasteiger partial charge in [-0.15, -0.1) is 0 Å². The van der Waals surface area contributed by atoms with Gasteiger partial charge in [-0.25, -0.2) is 5.43 Å². The summed E-state index contributed by atoms with van der Waals surface area (Å²) in [6.07, 6.45) is 1.48. The Kier molecular flexibility index (Phi) is 5.27. The molecule has 5 nitrogen and oxygen atoms in total. The molecule has 6 heteroatoms. The van der Waals surface area contributed by atoms with E-state index in [1.165, 1.54) is 13.1 Å². The van der Waals surface area contributed by atoms with Gasteiger partial charge in [-0.2, -0.15) is 5.10 Å². The van der Waals surface area contributed by atoms with Gasteiger partial charge < -0.3 is 5.32 Å². The molecular formula is C16H14ClN3O2. The van der Waals surface area contributed by atoms with Crippen LogP contribution in [0.2, 0.25) is 5.02 Å². The van der Waals surface area contributed by atoms with Gasteiger partial charge in [0.25, 0.3) is 5.91 Å². The summed E-state index contributed by atoms with van der Waals surface area (Å²) in [7, 11) is 0. The Balaban J connectivity index is 1.97. The van der Waals surface area contributed by atoms with Crippen molar-refractivity contribution < 1.29 is 9.59 Å². The Bertz CT molecular complexity index is 712. The second-order valence-electron chi connectivity index (χ2n) is 4.48. The van der Waals surface area contributed by atoms with E-state index in [4.69, 9.17) is 11.6 Å². The lowest BCUT2D eigenvalue weighted by atomic mass is 10.2. The van der Waals surface area contributed by atoms with E-state index in [9.17, 15) is 9.59 Å². The summed E-state index contributed by atoms with van der Waals surface area (Å²) in [4.78, 5) is 22.8. The maximum Gasteiger partial charge on any atom is 0.271 e. The molecule has 2 amide bonds. The van der Waals surface area contributed by atoms with Gasteiger partial charge in [0, 0.05) is 28.8 Å². The molecule has 0 aliphatic rings. The molecule has 0 saturated heterocycles. The van der Waals surface area contributed by atoms with Crippen molar-refractivity contribution in [1.29, 1.82) is 0 Å². The number of hydrogen-bond acceptors (Lipinski definition) is 3. The molecule has 0 aliphatic carbocycles. The minimum Gasteiger partial charge on any atom is -0.326 e. The molecule has 0 aromatic heterocycles. The Hall–Kier alpha value is -2.66. The fourth-order valence-corrected chi connectivity index (χ4v) is 1.90. The molecule has 0 aliphatic heterocycles. The fraction of sp³-hybridized carbons (Fsp3) is 0.0625. The first-order chi connectivity index (χ1) is 10.6. The number of benzene rings is 2. The van der Waals surface area contributed by atoms with Crippen LogP contribution < -0.4 is 10.7 Å². The van der Waals surface area contributed by atoms with Gasteiger partial charge in [0.2, 0.25) is 5.91 Å². The first-order valence-corrected chi connectivity index (χ1v) is 6.89. The molecule has 0 heterocycles. The second-order valence-corrected chi connectivity index (χ2v) is 4.89. The van der Waals surface area contributed by atoms with Crippen LogP contribution in [0.15, 0.2) is 53.6 Å². The Labute approximate surface area is 133 Å². The molecule has 22 heavy (non-hydrogen) atoms. The van der Waals surface area contributed by atoms with E-state index < -0.39 is 0 Å². The smallest absolute Gasteiger partial charge is 0.271 e. The van der Waals surface area contributed by atoms with Crippen LogP contribution in [0.5, 0.6) is 0 Å². The van der Waals surface area contributed by atoms with Crippen LogP contribution in [0.1, 0.15) is 22.8 Å². The fourth-order valence-electron chi connectivity index (χ4n) is 1.71. The van der Waals surface area contributed by atoms with Crippen molar-refractivity contribution in [3.63, 3.8) is 0 Å². The molecule has 0 fully saturated rings. The minimum atomic E-state index is -0.349. The highest BCUT2D eigenvalue weighted by molar-refractivity contribution is 6.33. The molecule has 2 rings (SSSR count). The molecule has 0 saturated carbocycles. The third kappa shape index (κ3) is 4.43. The number of hydrazone groups is 1. The number of halogens is 1. The number of amides is 2. The lowest BCUT2D eigenvalue weighted by Gasteiger charge is -2.03. The number of carbonyl (C=O) groups excluding carboxylic acids is 2. The summed E-state index contributed by atoms with van der Waals surface area (Å²) in [5, 5.41) is 7.05. The first kappa shape index (κ1) is 15.7. The van der Waals surface area contributed by atoms with E-state index in [0.29, 0.717) is 21.8 Å². The first-order valence-electron chi connectivity index (χ1n) is 6.52. The summed E-state index contributed by atoms with van der Waals surface area (Å²) in [6, 6.07) is 13.7. The molecule has 112 valence electrons. The summed E-state index contributed by atoms with van der Waals surface area (Å²) in [5.41, 5.74) is 4.20.